The van der Waals surface area contributed by atoms with E-state index in [0.717, 1.165) is 0 Å². The molecule has 6 heteroatoms. The monoisotopic (exact) mass is 231 g/mol. The van der Waals surface area contributed by atoms with Crippen LogP contribution in [0.4, 0.5) is 0 Å². The Balaban J connectivity index is 3.03. The van der Waals surface area contributed by atoms with Crippen LogP contribution in [-0.2, 0) is 10.6 Å². The zero-order chi connectivity index (χ0) is 11.4. The first-order valence-corrected chi connectivity index (χ1v) is 5.32. The van der Waals surface area contributed by atoms with Crippen LogP contribution in [0, 0.1) is 0 Å². The number of carbonyl (C=O) groups is 1. The van der Waals surface area contributed by atoms with Gasteiger partial charge in [-0.05, 0) is 20.8 Å². The topological polar surface area (TPSA) is 57.0 Å². The van der Waals surface area contributed by atoms with Crippen LogP contribution in [0.5, 0.6) is 0 Å². The van der Waals surface area contributed by atoms with Gasteiger partial charge in [-0.15, -0.1) is 16.7 Å². The molecule has 0 bridgehead atoms. The molecule has 0 unspecified atom stereocenters. The summed E-state index contributed by atoms with van der Waals surface area (Å²) in [5, 5.41) is 7.65. The molecule has 1 aromatic rings. The number of alkyl halides is 1. The molecule has 0 aliphatic rings. The first-order chi connectivity index (χ1) is 7.11. The van der Waals surface area contributed by atoms with Gasteiger partial charge in [0.2, 0.25) is 0 Å². The summed E-state index contributed by atoms with van der Waals surface area (Å²) in [5.74, 6) is -0.278. The summed E-state index contributed by atoms with van der Waals surface area (Å²) < 4.78 is 6.47. The first-order valence-electron chi connectivity index (χ1n) is 4.78. The van der Waals surface area contributed by atoms with E-state index < -0.39 is 5.97 Å². The van der Waals surface area contributed by atoms with E-state index in [1.54, 1.807) is 11.6 Å². The average molecular weight is 232 g/mol. The van der Waals surface area contributed by atoms with E-state index in [1.165, 1.54) is 0 Å². The molecule has 0 fully saturated rings. The Hall–Kier alpha value is -1.10. The fraction of sp³-hybridized carbons (Fsp3) is 0.667. The molecule has 15 heavy (non-hydrogen) atoms. The quantitative estimate of drug-likeness (QED) is 0.586. The van der Waals surface area contributed by atoms with Crippen LogP contribution in [-0.4, -0.2) is 27.6 Å². The normalized spacial score (nSPS) is 10.7. The zero-order valence-corrected chi connectivity index (χ0v) is 9.78. The van der Waals surface area contributed by atoms with Gasteiger partial charge in [-0.25, -0.2) is 9.48 Å². The summed E-state index contributed by atoms with van der Waals surface area (Å²) in [6.07, 6.45) is 0. The van der Waals surface area contributed by atoms with Gasteiger partial charge in [-0.2, -0.15) is 0 Å². The summed E-state index contributed by atoms with van der Waals surface area (Å²) in [4.78, 5) is 11.5. The molecule has 5 nitrogen and oxygen atoms in total. The summed E-state index contributed by atoms with van der Waals surface area (Å²) in [6, 6.07) is 0.120. The molecule has 0 amide bonds. The molecule has 0 saturated heterocycles. The maximum absolute atomic E-state index is 11.5. The van der Waals surface area contributed by atoms with Gasteiger partial charge in [0.1, 0.15) is 0 Å². The van der Waals surface area contributed by atoms with Gasteiger partial charge in [0.15, 0.2) is 5.69 Å². The minimum Gasteiger partial charge on any atom is -0.461 e. The lowest BCUT2D eigenvalue weighted by atomic mass is 10.3. The Morgan fingerprint density at radius 2 is 2.27 bits per heavy atom. The number of esters is 1. The lowest BCUT2D eigenvalue weighted by molar-refractivity contribution is 0.0518. The van der Waals surface area contributed by atoms with Crippen molar-refractivity contribution in [1.29, 1.82) is 0 Å². The molecule has 1 aromatic heterocycles. The molecule has 0 saturated carbocycles. The maximum atomic E-state index is 11.5. The molecule has 84 valence electrons. The van der Waals surface area contributed by atoms with E-state index in [4.69, 9.17) is 16.3 Å². The summed E-state index contributed by atoms with van der Waals surface area (Å²) in [5.41, 5.74) is 0.811. The van der Waals surface area contributed by atoms with E-state index in [2.05, 4.69) is 10.3 Å². The summed E-state index contributed by atoms with van der Waals surface area (Å²) in [6.45, 7) is 5.94. The minimum atomic E-state index is -0.472. The van der Waals surface area contributed by atoms with Crippen LogP contribution in [0.25, 0.3) is 0 Å². The molecule has 0 atom stereocenters. The number of carbonyl (C=O) groups excluding carboxylic acids is 1. The second-order valence-electron chi connectivity index (χ2n) is 3.28. The van der Waals surface area contributed by atoms with Crippen molar-refractivity contribution in [2.24, 2.45) is 0 Å². The predicted molar refractivity (Wildman–Crippen MR) is 55.9 cm³/mol. The van der Waals surface area contributed by atoms with Gasteiger partial charge in [0.25, 0.3) is 0 Å². The van der Waals surface area contributed by atoms with Gasteiger partial charge in [-0.1, -0.05) is 5.21 Å². The van der Waals surface area contributed by atoms with Gasteiger partial charge in [0.05, 0.1) is 18.2 Å². The van der Waals surface area contributed by atoms with Crippen molar-refractivity contribution in [3.63, 3.8) is 0 Å². The molecule has 0 aliphatic heterocycles. The van der Waals surface area contributed by atoms with Gasteiger partial charge < -0.3 is 4.74 Å². The van der Waals surface area contributed by atoms with E-state index in [-0.39, 0.29) is 17.6 Å². The maximum Gasteiger partial charge on any atom is 0.360 e. The molecule has 0 N–H and O–H groups in total. The lowest BCUT2D eigenvalue weighted by Gasteiger charge is -2.07. The lowest BCUT2D eigenvalue weighted by Crippen LogP contribution is -2.11. The van der Waals surface area contributed by atoms with Crippen molar-refractivity contribution in [2.75, 3.05) is 6.61 Å². The van der Waals surface area contributed by atoms with Crippen molar-refractivity contribution in [1.82, 2.24) is 15.0 Å². The highest BCUT2D eigenvalue weighted by Gasteiger charge is 2.20. The van der Waals surface area contributed by atoms with Crippen LogP contribution >= 0.6 is 11.6 Å². The first kappa shape index (κ1) is 12.0. The number of nitrogens with zero attached hydrogens (tertiary/aromatic N) is 3. The SMILES string of the molecule is CCOC(=O)c1nnn(C(C)C)c1CCl. The third-order valence-electron chi connectivity index (χ3n) is 1.88. The Kier molecular flexibility index (Phi) is 4.08. The standard InChI is InChI=1S/C9H14ClN3O2/c1-4-15-9(14)8-7(5-10)13(6(2)3)12-11-8/h6H,4-5H2,1-3H3. The van der Waals surface area contributed by atoms with Crippen LogP contribution in [0.2, 0.25) is 0 Å². The Labute approximate surface area is 93.4 Å². The summed E-state index contributed by atoms with van der Waals surface area (Å²) >= 11 is 5.76. The molecule has 1 heterocycles. The third-order valence-corrected chi connectivity index (χ3v) is 2.13. The summed E-state index contributed by atoms with van der Waals surface area (Å²) in [7, 11) is 0. The molecular weight excluding hydrogens is 218 g/mol. The highest BCUT2D eigenvalue weighted by molar-refractivity contribution is 6.17. The molecule has 0 aromatic carbocycles. The van der Waals surface area contributed by atoms with Crippen LogP contribution in [0.1, 0.15) is 43.0 Å². The van der Waals surface area contributed by atoms with Gasteiger partial charge in [-0.3, -0.25) is 0 Å². The minimum absolute atomic E-state index is 0.120. The van der Waals surface area contributed by atoms with E-state index in [1.807, 2.05) is 13.8 Å². The van der Waals surface area contributed by atoms with Crippen molar-refractivity contribution in [3.8, 4) is 0 Å². The molecular formula is C9H14ClN3O2. The second kappa shape index (κ2) is 5.11. The second-order valence-corrected chi connectivity index (χ2v) is 3.54. The van der Waals surface area contributed by atoms with E-state index in [0.29, 0.717) is 12.3 Å². The third kappa shape index (κ3) is 2.47. The fourth-order valence-electron chi connectivity index (χ4n) is 1.21. The van der Waals surface area contributed by atoms with E-state index in [9.17, 15) is 4.79 Å². The highest BCUT2D eigenvalue weighted by Crippen LogP contribution is 2.14. The number of ether oxygens (including phenoxy) is 1. The number of rotatable bonds is 4. The highest BCUT2D eigenvalue weighted by atomic mass is 35.5. The predicted octanol–water partition coefficient (Wildman–Crippen LogP) is 1.77. The van der Waals surface area contributed by atoms with Gasteiger partial charge in [0, 0.05) is 6.04 Å². The number of aromatic nitrogens is 3. The Bertz CT molecular complexity index is 349. The van der Waals surface area contributed by atoms with Crippen molar-refractivity contribution in [2.45, 2.75) is 32.7 Å². The smallest absolute Gasteiger partial charge is 0.360 e. The van der Waals surface area contributed by atoms with Crippen molar-refractivity contribution < 1.29 is 9.53 Å². The molecule has 0 spiro atoms. The molecule has 0 aliphatic carbocycles. The number of hydrogen-bond acceptors (Lipinski definition) is 4. The van der Waals surface area contributed by atoms with Gasteiger partial charge >= 0.3 is 5.97 Å². The van der Waals surface area contributed by atoms with Crippen LogP contribution in [0.3, 0.4) is 0 Å². The average Bonchev–Trinajstić information content (AvgIpc) is 2.61. The fourth-order valence-corrected chi connectivity index (χ4v) is 1.46. The van der Waals surface area contributed by atoms with Crippen LogP contribution < -0.4 is 0 Å². The zero-order valence-electron chi connectivity index (χ0n) is 9.03. The van der Waals surface area contributed by atoms with Crippen molar-refractivity contribution >= 4 is 17.6 Å². The van der Waals surface area contributed by atoms with Crippen LogP contribution in [0.15, 0.2) is 0 Å². The molecule has 1 rings (SSSR count). The Morgan fingerprint density at radius 3 is 2.73 bits per heavy atom. The molecule has 0 radical (unpaired) electrons. The number of halogens is 1. The number of hydrogen-bond donors (Lipinski definition) is 0. The van der Waals surface area contributed by atoms with E-state index >= 15 is 0 Å². The Morgan fingerprint density at radius 1 is 1.60 bits per heavy atom. The largest absolute Gasteiger partial charge is 0.461 e. The van der Waals surface area contributed by atoms with Crippen molar-refractivity contribution in [3.05, 3.63) is 11.4 Å².